The predicted molar refractivity (Wildman–Crippen MR) is 122 cm³/mol. The lowest BCUT2D eigenvalue weighted by Gasteiger charge is -2.12. The van der Waals surface area contributed by atoms with Crippen molar-refractivity contribution in [3.63, 3.8) is 0 Å². The van der Waals surface area contributed by atoms with Crippen molar-refractivity contribution in [3.8, 4) is 17.6 Å². The molecule has 0 aromatic carbocycles. The Hall–Kier alpha value is -5.14. The number of H-pyrrole nitrogens is 1. The van der Waals surface area contributed by atoms with Gasteiger partial charge in [-0.1, -0.05) is 0 Å². The normalized spacial score (nSPS) is 12.2. The van der Waals surface area contributed by atoms with E-state index in [-0.39, 0.29) is 45.2 Å². The smallest absolute Gasteiger partial charge is 0.435 e. The maximum atomic E-state index is 13.2. The number of nitrogens with zero attached hydrogens (tertiary/aromatic N) is 7. The number of rotatable bonds is 4. The number of imidazole rings is 1. The number of anilines is 2. The van der Waals surface area contributed by atoms with E-state index in [2.05, 4.69) is 30.5 Å². The summed E-state index contributed by atoms with van der Waals surface area (Å²) in [7, 11) is 2.57. The van der Waals surface area contributed by atoms with Crippen LogP contribution in [-0.4, -0.2) is 34.3 Å². The van der Waals surface area contributed by atoms with Crippen molar-refractivity contribution in [2.24, 2.45) is 14.1 Å². The highest BCUT2D eigenvalue weighted by molar-refractivity contribution is 5.84. The first-order chi connectivity index (χ1) is 18.3. The Bertz CT molecular complexity index is 1860. The Balaban J connectivity index is 1.55. The average Bonchev–Trinajstić information content (AvgIpc) is 3.42. The van der Waals surface area contributed by atoms with Gasteiger partial charge in [-0.3, -0.25) is 9.89 Å². The van der Waals surface area contributed by atoms with Crippen molar-refractivity contribution in [2.75, 3.05) is 5.32 Å². The molecule has 0 radical (unpaired) electrons. The van der Waals surface area contributed by atoms with Crippen molar-refractivity contribution in [3.05, 3.63) is 57.9 Å². The molecule has 39 heavy (non-hydrogen) atoms. The van der Waals surface area contributed by atoms with Gasteiger partial charge in [0, 0.05) is 20.3 Å². The van der Waals surface area contributed by atoms with Crippen LogP contribution in [0.2, 0.25) is 0 Å². The van der Waals surface area contributed by atoms with Crippen LogP contribution in [0, 0.1) is 11.3 Å². The van der Waals surface area contributed by atoms with E-state index in [1.807, 2.05) is 6.07 Å². The van der Waals surface area contributed by atoms with E-state index < -0.39 is 34.9 Å². The third kappa shape index (κ3) is 4.45. The van der Waals surface area contributed by atoms with Gasteiger partial charge in [0.25, 0.3) is 5.56 Å². The van der Waals surface area contributed by atoms with Crippen LogP contribution in [0.25, 0.3) is 22.2 Å². The van der Waals surface area contributed by atoms with Crippen LogP contribution in [0.5, 0.6) is 11.5 Å². The van der Waals surface area contributed by atoms with Crippen LogP contribution in [0.3, 0.4) is 0 Å². The Labute approximate surface area is 212 Å². The topological polar surface area (TPSA) is 139 Å². The van der Waals surface area contributed by atoms with Crippen LogP contribution in [0.1, 0.15) is 16.8 Å². The number of halogens is 6. The molecule has 0 aliphatic carbocycles. The van der Waals surface area contributed by atoms with Crippen molar-refractivity contribution in [2.45, 2.75) is 12.4 Å². The van der Waals surface area contributed by atoms with Gasteiger partial charge in [0.15, 0.2) is 22.7 Å². The van der Waals surface area contributed by atoms with Crippen molar-refractivity contribution >= 4 is 33.8 Å². The molecule has 0 saturated carbocycles. The molecule has 11 nitrogen and oxygen atoms in total. The number of fused-ring (bicyclic) bond motifs is 2. The first-order valence-electron chi connectivity index (χ1n) is 10.7. The molecule has 5 rings (SSSR count). The molecule has 0 fully saturated rings. The molecular weight excluding hydrogens is 536 g/mol. The van der Waals surface area contributed by atoms with E-state index in [1.54, 1.807) is 0 Å². The molecule has 0 aliphatic rings. The Morgan fingerprint density at radius 1 is 1.08 bits per heavy atom. The van der Waals surface area contributed by atoms with E-state index >= 15 is 0 Å². The molecule has 5 aromatic heterocycles. The number of nitriles is 1. The summed E-state index contributed by atoms with van der Waals surface area (Å²) in [5.74, 6) is -0.424. The number of aryl methyl sites for hydroxylation is 2. The minimum absolute atomic E-state index is 0.0181. The van der Waals surface area contributed by atoms with Gasteiger partial charge in [-0.05, 0) is 12.1 Å². The lowest BCUT2D eigenvalue weighted by atomic mass is 10.2. The van der Waals surface area contributed by atoms with E-state index in [0.29, 0.717) is 12.3 Å². The van der Waals surface area contributed by atoms with Gasteiger partial charge < -0.3 is 19.2 Å². The molecule has 2 N–H and O–H groups in total. The van der Waals surface area contributed by atoms with E-state index in [0.717, 1.165) is 30.1 Å². The third-order valence-electron chi connectivity index (χ3n) is 5.62. The fraction of sp³-hybridized carbons (Fsp3) is 0.182. The molecule has 17 heteroatoms. The molecule has 0 amide bonds. The van der Waals surface area contributed by atoms with Crippen LogP contribution in [0.4, 0.5) is 38.0 Å². The quantitative estimate of drug-likeness (QED) is 0.315. The summed E-state index contributed by atoms with van der Waals surface area (Å²) in [4.78, 5) is 24.5. The number of pyridine rings is 3. The van der Waals surface area contributed by atoms with Crippen LogP contribution in [-0.2, 0) is 26.4 Å². The lowest BCUT2D eigenvalue weighted by Crippen LogP contribution is -2.23. The molecular formula is C22H13F6N9O2. The molecule has 200 valence electrons. The maximum absolute atomic E-state index is 13.2. The molecule has 5 aromatic rings. The minimum atomic E-state index is -4.75. The van der Waals surface area contributed by atoms with Crippen molar-refractivity contribution in [1.82, 2.24) is 34.3 Å². The Kier molecular flexibility index (Phi) is 5.70. The zero-order valence-corrected chi connectivity index (χ0v) is 19.6. The minimum Gasteiger partial charge on any atom is -0.453 e. The third-order valence-corrected chi connectivity index (χ3v) is 5.62. The number of alkyl halides is 6. The van der Waals surface area contributed by atoms with E-state index in [9.17, 15) is 36.4 Å². The maximum Gasteiger partial charge on any atom is 0.435 e. The van der Waals surface area contributed by atoms with Crippen molar-refractivity contribution in [1.29, 1.82) is 5.26 Å². The van der Waals surface area contributed by atoms with E-state index in [4.69, 9.17) is 4.74 Å². The largest absolute Gasteiger partial charge is 0.453 e. The highest BCUT2D eigenvalue weighted by atomic mass is 19.4. The zero-order valence-electron chi connectivity index (χ0n) is 19.6. The number of hydrogen-bond acceptors (Lipinski definition) is 8. The van der Waals surface area contributed by atoms with Crippen LogP contribution < -0.4 is 15.6 Å². The fourth-order valence-corrected chi connectivity index (χ4v) is 3.81. The van der Waals surface area contributed by atoms with Crippen LogP contribution in [0.15, 0.2) is 35.5 Å². The Morgan fingerprint density at radius 3 is 2.49 bits per heavy atom. The summed E-state index contributed by atoms with van der Waals surface area (Å²) >= 11 is 0. The summed E-state index contributed by atoms with van der Waals surface area (Å²) in [6, 6.07) is 3.58. The van der Waals surface area contributed by atoms with Gasteiger partial charge in [-0.2, -0.15) is 41.7 Å². The fourth-order valence-electron chi connectivity index (χ4n) is 3.81. The molecule has 0 atom stereocenters. The van der Waals surface area contributed by atoms with Crippen LogP contribution >= 0.6 is 0 Å². The summed E-state index contributed by atoms with van der Waals surface area (Å²) in [6.45, 7) is 0. The standard InChI is InChI=1S/C22H13F6N9O2/c1-36-8-9(21(23,24)25)3-13(19(36)38)32-20-33-18-15(37(20)2)12(5-29)14(7-31-18)39-10-4-11-16(22(26,27)28)34-35-17(11)30-6-10/h3-4,6-8H,1-2H3,(H,30,34,35)(H,31,32,33). The average molecular weight is 549 g/mol. The summed E-state index contributed by atoms with van der Waals surface area (Å²) in [5, 5.41) is 17.4. The Morgan fingerprint density at radius 2 is 1.82 bits per heavy atom. The first kappa shape index (κ1) is 25.5. The molecule has 0 unspecified atom stereocenters. The second-order valence-corrected chi connectivity index (χ2v) is 8.20. The van der Waals surface area contributed by atoms with Gasteiger partial charge >= 0.3 is 12.4 Å². The second kappa shape index (κ2) is 8.72. The number of hydrogen-bond donors (Lipinski definition) is 2. The number of nitrogens with one attached hydrogen (secondary N) is 2. The second-order valence-electron chi connectivity index (χ2n) is 8.20. The molecule has 0 saturated heterocycles. The first-order valence-corrected chi connectivity index (χ1v) is 10.7. The predicted octanol–water partition coefficient (Wildman–Crippen LogP) is 4.38. The summed E-state index contributed by atoms with van der Waals surface area (Å²) in [6.07, 6.45) is -6.60. The van der Waals surface area contributed by atoms with Gasteiger partial charge in [-0.25, -0.2) is 9.97 Å². The van der Waals surface area contributed by atoms with Gasteiger partial charge in [0.05, 0.1) is 23.3 Å². The molecule has 5 heterocycles. The van der Waals surface area contributed by atoms with E-state index in [1.165, 1.54) is 11.6 Å². The van der Waals surface area contributed by atoms with Gasteiger partial charge in [-0.15, -0.1) is 0 Å². The monoisotopic (exact) mass is 549 g/mol. The number of aromatic nitrogens is 7. The number of aromatic amines is 1. The molecule has 0 bridgehead atoms. The molecule has 0 aliphatic heterocycles. The summed E-state index contributed by atoms with van der Waals surface area (Å²) in [5.41, 5.74) is -3.68. The van der Waals surface area contributed by atoms with Crippen molar-refractivity contribution < 1.29 is 31.1 Å². The highest BCUT2D eigenvalue weighted by Gasteiger charge is 2.36. The highest BCUT2D eigenvalue weighted by Crippen LogP contribution is 2.36. The van der Waals surface area contributed by atoms with Gasteiger partial charge in [0.2, 0.25) is 5.95 Å². The summed E-state index contributed by atoms with van der Waals surface area (Å²) < 4.78 is 87.1. The zero-order chi connectivity index (χ0) is 28.3. The van der Waals surface area contributed by atoms with Gasteiger partial charge in [0.1, 0.15) is 28.6 Å². The number of ether oxygens (including phenoxy) is 1. The SMILES string of the molecule is Cn1cc(C(F)(F)F)cc(Nc2nc3ncc(Oc4cnc5[nH]nc(C(F)(F)F)c5c4)c(C#N)c3n2C)c1=O. The lowest BCUT2D eigenvalue weighted by molar-refractivity contribution is -0.140. The molecule has 0 spiro atoms.